The van der Waals surface area contributed by atoms with Crippen LogP contribution in [0, 0.1) is 0 Å². The van der Waals surface area contributed by atoms with Crippen LogP contribution in [0.4, 0.5) is 0 Å². The first kappa shape index (κ1) is 18.4. The van der Waals surface area contributed by atoms with Gasteiger partial charge in [0.05, 0.1) is 5.69 Å². The number of nitrogens with one attached hydrogen (secondary N) is 1. The van der Waals surface area contributed by atoms with Crippen molar-refractivity contribution in [3.8, 4) is 17.0 Å². The third-order valence-corrected chi connectivity index (χ3v) is 4.61. The van der Waals surface area contributed by atoms with Crippen LogP contribution < -0.4 is 10.1 Å². The minimum atomic E-state index is 0.00561. The molecule has 5 heteroatoms. The third-order valence-electron chi connectivity index (χ3n) is 4.05. The summed E-state index contributed by atoms with van der Waals surface area (Å²) >= 11 is 1.54. The van der Waals surface area contributed by atoms with Gasteiger partial charge in [0, 0.05) is 18.2 Å². The molecule has 0 aliphatic rings. The van der Waals surface area contributed by atoms with E-state index in [1.165, 1.54) is 17.3 Å². The van der Waals surface area contributed by atoms with Gasteiger partial charge in [0.2, 0.25) is 0 Å². The molecule has 0 unspecified atom stereocenters. The predicted octanol–water partition coefficient (Wildman–Crippen LogP) is 4.60. The maximum absolute atomic E-state index is 6.33. The summed E-state index contributed by atoms with van der Waals surface area (Å²) in [6.07, 6.45) is 4.67. The van der Waals surface area contributed by atoms with E-state index in [1.807, 2.05) is 61.8 Å². The second kappa shape index (κ2) is 9.36. The molecule has 0 aliphatic carbocycles. The number of nitrogens with zero attached hydrogens (tertiary/aromatic N) is 2. The van der Waals surface area contributed by atoms with Crippen LogP contribution in [0.1, 0.15) is 18.1 Å². The van der Waals surface area contributed by atoms with Crippen LogP contribution in [-0.4, -0.2) is 29.8 Å². The Morgan fingerprint density at radius 1 is 1.08 bits per heavy atom. The number of aromatic nitrogens is 2. The highest BCUT2D eigenvalue weighted by Gasteiger charge is 2.13. The van der Waals surface area contributed by atoms with E-state index in [2.05, 4.69) is 27.4 Å². The van der Waals surface area contributed by atoms with Gasteiger partial charge in [-0.25, -0.2) is 9.97 Å². The van der Waals surface area contributed by atoms with Crippen LogP contribution in [0.3, 0.4) is 0 Å². The quantitative estimate of drug-likeness (QED) is 0.467. The van der Waals surface area contributed by atoms with E-state index in [0.29, 0.717) is 0 Å². The van der Waals surface area contributed by atoms with Gasteiger partial charge >= 0.3 is 0 Å². The zero-order chi connectivity index (χ0) is 18.2. The number of benzene rings is 2. The molecule has 0 saturated carbocycles. The molecule has 134 valence electrons. The Kier molecular flexibility index (Phi) is 6.63. The molecule has 1 aromatic heterocycles. The molecule has 0 spiro atoms. The van der Waals surface area contributed by atoms with Crippen LogP contribution in [0.5, 0.6) is 5.75 Å². The van der Waals surface area contributed by atoms with Crippen LogP contribution >= 0.6 is 11.8 Å². The van der Waals surface area contributed by atoms with E-state index in [4.69, 9.17) is 4.74 Å². The maximum atomic E-state index is 6.33. The van der Waals surface area contributed by atoms with Crippen LogP contribution in [0.25, 0.3) is 11.3 Å². The molecule has 3 rings (SSSR count). The molecule has 0 saturated heterocycles. The van der Waals surface area contributed by atoms with Gasteiger partial charge in [-0.3, -0.25) is 0 Å². The zero-order valence-corrected chi connectivity index (χ0v) is 15.9. The van der Waals surface area contributed by atoms with Gasteiger partial charge in [0.25, 0.3) is 0 Å². The van der Waals surface area contributed by atoms with Crippen molar-refractivity contribution in [2.45, 2.75) is 17.7 Å². The third kappa shape index (κ3) is 4.84. The van der Waals surface area contributed by atoms with E-state index >= 15 is 0 Å². The van der Waals surface area contributed by atoms with Gasteiger partial charge in [-0.1, -0.05) is 54.2 Å². The van der Waals surface area contributed by atoms with Crippen LogP contribution in [-0.2, 0) is 0 Å². The lowest BCUT2D eigenvalue weighted by Crippen LogP contribution is -2.16. The van der Waals surface area contributed by atoms with Crippen molar-refractivity contribution in [2.24, 2.45) is 0 Å². The molecule has 1 atom stereocenters. The highest BCUT2D eigenvalue weighted by Crippen LogP contribution is 2.28. The predicted molar refractivity (Wildman–Crippen MR) is 108 cm³/mol. The van der Waals surface area contributed by atoms with Gasteiger partial charge in [0.15, 0.2) is 5.16 Å². The number of hydrogen-bond donors (Lipinski definition) is 1. The van der Waals surface area contributed by atoms with Gasteiger partial charge in [0.1, 0.15) is 11.9 Å². The van der Waals surface area contributed by atoms with Gasteiger partial charge in [-0.2, -0.15) is 0 Å². The van der Waals surface area contributed by atoms with Gasteiger partial charge < -0.3 is 10.1 Å². The summed E-state index contributed by atoms with van der Waals surface area (Å²) in [6.45, 7) is 0.891. The Morgan fingerprint density at radius 2 is 1.92 bits per heavy atom. The molecule has 0 amide bonds. The summed E-state index contributed by atoms with van der Waals surface area (Å²) in [6, 6.07) is 20.4. The summed E-state index contributed by atoms with van der Waals surface area (Å²) in [5.74, 6) is 0.844. The Morgan fingerprint density at radius 3 is 2.69 bits per heavy atom. The van der Waals surface area contributed by atoms with E-state index in [-0.39, 0.29) is 6.10 Å². The average Bonchev–Trinajstić information content (AvgIpc) is 2.72. The first-order chi connectivity index (χ1) is 12.8. The molecule has 26 heavy (non-hydrogen) atoms. The molecule has 4 nitrogen and oxygen atoms in total. The van der Waals surface area contributed by atoms with Gasteiger partial charge in [-0.15, -0.1) is 0 Å². The standard InChI is InChI=1S/C21H23N3OS/c1-22-13-12-20(16-7-4-3-5-8-16)25-18-10-6-9-17(15-18)19-11-14-23-21(24-19)26-2/h3-11,14-15,20,22H,12-13H2,1-2H3/t20-/m0/s1. The molecule has 0 radical (unpaired) electrons. The average molecular weight is 366 g/mol. The lowest BCUT2D eigenvalue weighted by Gasteiger charge is -2.20. The number of hydrogen-bond acceptors (Lipinski definition) is 5. The Labute approximate surface area is 159 Å². The van der Waals surface area contributed by atoms with Crippen molar-refractivity contribution in [3.63, 3.8) is 0 Å². The Hall–Kier alpha value is -2.37. The van der Waals surface area contributed by atoms with Crippen molar-refractivity contribution < 1.29 is 4.74 Å². The van der Waals surface area contributed by atoms with E-state index in [9.17, 15) is 0 Å². The lowest BCUT2D eigenvalue weighted by atomic mass is 10.1. The fraction of sp³-hybridized carbons (Fsp3) is 0.238. The fourth-order valence-corrected chi connectivity index (χ4v) is 3.09. The maximum Gasteiger partial charge on any atom is 0.187 e. The minimum absolute atomic E-state index is 0.00561. The fourth-order valence-electron chi connectivity index (χ4n) is 2.73. The largest absolute Gasteiger partial charge is 0.486 e. The highest BCUT2D eigenvalue weighted by molar-refractivity contribution is 7.98. The SMILES string of the molecule is CNCC[C@H](Oc1cccc(-c2ccnc(SC)n2)c1)c1ccccc1. The smallest absolute Gasteiger partial charge is 0.187 e. The van der Waals surface area contributed by atoms with E-state index in [0.717, 1.165) is 35.1 Å². The number of ether oxygens (including phenoxy) is 1. The molecule has 0 bridgehead atoms. The van der Waals surface area contributed by atoms with Gasteiger partial charge in [-0.05, 0) is 43.6 Å². The monoisotopic (exact) mass is 365 g/mol. The number of thioether (sulfide) groups is 1. The number of rotatable bonds is 8. The van der Waals surface area contributed by atoms with Crippen LogP contribution in [0.15, 0.2) is 72.0 Å². The highest BCUT2D eigenvalue weighted by atomic mass is 32.2. The molecule has 2 aromatic carbocycles. The van der Waals surface area contributed by atoms with Crippen molar-refractivity contribution in [1.29, 1.82) is 0 Å². The summed E-state index contributed by atoms with van der Waals surface area (Å²) < 4.78 is 6.33. The van der Waals surface area contributed by atoms with Crippen molar-refractivity contribution in [1.82, 2.24) is 15.3 Å². The molecular weight excluding hydrogens is 342 g/mol. The molecular formula is C21H23N3OS. The summed E-state index contributed by atoms with van der Waals surface area (Å²) in [5.41, 5.74) is 3.11. The first-order valence-electron chi connectivity index (χ1n) is 8.64. The van der Waals surface area contributed by atoms with Crippen molar-refractivity contribution in [2.75, 3.05) is 19.8 Å². The first-order valence-corrected chi connectivity index (χ1v) is 9.86. The summed E-state index contributed by atoms with van der Waals surface area (Å²) in [7, 11) is 1.96. The lowest BCUT2D eigenvalue weighted by molar-refractivity contribution is 0.195. The molecule has 0 aliphatic heterocycles. The Balaban J connectivity index is 1.83. The molecule has 1 N–H and O–H groups in total. The molecule has 3 aromatic rings. The second-order valence-electron chi connectivity index (χ2n) is 5.87. The van der Waals surface area contributed by atoms with E-state index in [1.54, 1.807) is 6.20 Å². The normalized spacial score (nSPS) is 11.9. The molecule has 0 fully saturated rings. The van der Waals surface area contributed by atoms with Crippen LogP contribution in [0.2, 0.25) is 0 Å². The van der Waals surface area contributed by atoms with Crippen molar-refractivity contribution >= 4 is 11.8 Å². The van der Waals surface area contributed by atoms with E-state index < -0.39 is 0 Å². The minimum Gasteiger partial charge on any atom is -0.486 e. The van der Waals surface area contributed by atoms with Crippen molar-refractivity contribution in [3.05, 3.63) is 72.4 Å². The zero-order valence-electron chi connectivity index (χ0n) is 15.1. The molecule has 1 heterocycles. The second-order valence-corrected chi connectivity index (χ2v) is 6.64. The Bertz CT molecular complexity index is 826. The summed E-state index contributed by atoms with van der Waals surface area (Å²) in [5, 5.41) is 3.97. The summed E-state index contributed by atoms with van der Waals surface area (Å²) in [4.78, 5) is 8.82. The topological polar surface area (TPSA) is 47.0 Å².